The molecule has 0 bridgehead atoms. The number of carbonyl (C=O) groups is 1. The fourth-order valence-electron chi connectivity index (χ4n) is 2.05. The molecule has 0 spiro atoms. The second-order valence-electron chi connectivity index (χ2n) is 5.30. The Balaban J connectivity index is 2.89. The Morgan fingerprint density at radius 3 is 2.58 bits per heavy atom. The summed E-state index contributed by atoms with van der Waals surface area (Å²) >= 11 is 0. The monoisotopic (exact) mass is 265 g/mol. The average molecular weight is 265 g/mol. The molecule has 19 heavy (non-hydrogen) atoms. The van der Waals surface area contributed by atoms with E-state index in [1.807, 2.05) is 13.8 Å². The third kappa shape index (κ3) is 5.28. The topological polar surface area (TPSA) is 59.4 Å². The summed E-state index contributed by atoms with van der Waals surface area (Å²) in [6.07, 6.45) is 2.64. The summed E-state index contributed by atoms with van der Waals surface area (Å²) in [6.45, 7) is 8.28. The number of hydrogen-bond acceptors (Lipinski definition) is 3. The summed E-state index contributed by atoms with van der Waals surface area (Å²) in [6, 6.07) is 3.12. The van der Waals surface area contributed by atoms with Crippen molar-refractivity contribution in [3.63, 3.8) is 0 Å². The number of nitrogens with zero attached hydrogens (tertiary/aromatic N) is 1. The van der Waals surface area contributed by atoms with Gasteiger partial charge in [0.05, 0.1) is 11.7 Å². The van der Waals surface area contributed by atoms with E-state index in [4.69, 9.17) is 9.84 Å². The number of ether oxygens (including phenoxy) is 1. The maximum absolute atomic E-state index is 11.1. The molecule has 0 amide bonds. The molecule has 0 radical (unpaired) electrons. The average Bonchev–Trinajstić information content (AvgIpc) is 2.27. The smallest absolute Gasteiger partial charge is 0.335 e. The minimum atomic E-state index is -0.943. The van der Waals surface area contributed by atoms with Crippen LogP contribution < -0.4 is 4.74 Å². The molecular formula is C15H23NO3. The van der Waals surface area contributed by atoms with Crippen LogP contribution >= 0.6 is 0 Å². The molecule has 1 rings (SSSR count). The Hall–Kier alpha value is -1.58. The zero-order valence-electron chi connectivity index (χ0n) is 12.1. The van der Waals surface area contributed by atoms with E-state index >= 15 is 0 Å². The zero-order chi connectivity index (χ0) is 14.4. The SMILES string of the molecule is CCCc1cc(C(=O)O)cc(OC(C)CC(C)C)n1. The van der Waals surface area contributed by atoms with E-state index in [0.717, 1.165) is 25.0 Å². The fourth-order valence-corrected chi connectivity index (χ4v) is 2.05. The normalized spacial score (nSPS) is 12.5. The Kier molecular flexibility index (Phi) is 5.80. The van der Waals surface area contributed by atoms with Gasteiger partial charge in [-0.3, -0.25) is 0 Å². The number of aromatic nitrogens is 1. The number of hydrogen-bond donors (Lipinski definition) is 1. The lowest BCUT2D eigenvalue weighted by Crippen LogP contribution is -2.16. The highest BCUT2D eigenvalue weighted by molar-refractivity contribution is 5.88. The van der Waals surface area contributed by atoms with Gasteiger partial charge in [0.25, 0.3) is 0 Å². The van der Waals surface area contributed by atoms with Gasteiger partial charge in [0.2, 0.25) is 5.88 Å². The maximum Gasteiger partial charge on any atom is 0.335 e. The summed E-state index contributed by atoms with van der Waals surface area (Å²) in [5.41, 5.74) is 1.01. The van der Waals surface area contributed by atoms with Crippen LogP contribution in [0.5, 0.6) is 5.88 Å². The molecule has 0 aliphatic rings. The molecule has 1 aromatic rings. The van der Waals surface area contributed by atoms with E-state index in [0.29, 0.717) is 11.8 Å². The number of aromatic carboxylic acids is 1. The van der Waals surface area contributed by atoms with Crippen LogP contribution in [0, 0.1) is 5.92 Å². The Morgan fingerprint density at radius 1 is 1.37 bits per heavy atom. The van der Waals surface area contributed by atoms with Crippen molar-refractivity contribution in [2.24, 2.45) is 5.92 Å². The molecule has 106 valence electrons. The van der Waals surface area contributed by atoms with Crippen molar-refractivity contribution in [2.75, 3.05) is 0 Å². The molecule has 0 saturated heterocycles. The molecule has 0 aliphatic carbocycles. The van der Waals surface area contributed by atoms with Gasteiger partial charge < -0.3 is 9.84 Å². The van der Waals surface area contributed by atoms with Crippen LogP contribution in [-0.2, 0) is 6.42 Å². The number of aryl methyl sites for hydroxylation is 1. The lowest BCUT2D eigenvalue weighted by Gasteiger charge is -2.16. The fraction of sp³-hybridized carbons (Fsp3) is 0.600. The van der Waals surface area contributed by atoms with Crippen LogP contribution in [0.2, 0.25) is 0 Å². The maximum atomic E-state index is 11.1. The molecule has 4 nitrogen and oxygen atoms in total. The van der Waals surface area contributed by atoms with E-state index in [-0.39, 0.29) is 11.7 Å². The first-order valence-electron chi connectivity index (χ1n) is 6.83. The van der Waals surface area contributed by atoms with Crippen molar-refractivity contribution < 1.29 is 14.6 Å². The van der Waals surface area contributed by atoms with Gasteiger partial charge in [-0.25, -0.2) is 9.78 Å². The van der Waals surface area contributed by atoms with Crippen molar-refractivity contribution >= 4 is 5.97 Å². The van der Waals surface area contributed by atoms with Crippen molar-refractivity contribution in [1.82, 2.24) is 4.98 Å². The molecule has 0 fully saturated rings. The number of carboxylic acid groups (broad SMARTS) is 1. The van der Waals surface area contributed by atoms with Gasteiger partial charge in [0.1, 0.15) is 0 Å². The van der Waals surface area contributed by atoms with Gasteiger partial charge in [-0.2, -0.15) is 0 Å². The number of carboxylic acids is 1. The molecule has 1 heterocycles. The van der Waals surface area contributed by atoms with E-state index < -0.39 is 5.97 Å². The minimum absolute atomic E-state index is 0.0334. The molecule has 0 aromatic carbocycles. The largest absolute Gasteiger partial charge is 0.478 e. The van der Waals surface area contributed by atoms with E-state index in [9.17, 15) is 4.79 Å². The second-order valence-corrected chi connectivity index (χ2v) is 5.30. The Bertz CT molecular complexity index is 429. The molecule has 0 aliphatic heterocycles. The van der Waals surface area contributed by atoms with Crippen LogP contribution in [-0.4, -0.2) is 22.2 Å². The van der Waals surface area contributed by atoms with Gasteiger partial charge in [-0.15, -0.1) is 0 Å². The highest BCUT2D eigenvalue weighted by atomic mass is 16.5. The van der Waals surface area contributed by atoms with Crippen molar-refractivity contribution in [1.29, 1.82) is 0 Å². The van der Waals surface area contributed by atoms with Crippen LogP contribution in [0.1, 0.15) is 56.6 Å². The van der Waals surface area contributed by atoms with E-state index in [1.165, 1.54) is 6.07 Å². The first kappa shape index (κ1) is 15.5. The molecular weight excluding hydrogens is 242 g/mol. The quantitative estimate of drug-likeness (QED) is 0.819. The highest BCUT2D eigenvalue weighted by Crippen LogP contribution is 2.17. The number of pyridine rings is 1. The van der Waals surface area contributed by atoms with Crippen LogP contribution in [0.4, 0.5) is 0 Å². The predicted molar refractivity (Wildman–Crippen MR) is 74.7 cm³/mol. The van der Waals surface area contributed by atoms with Crippen LogP contribution in [0.3, 0.4) is 0 Å². The zero-order valence-corrected chi connectivity index (χ0v) is 12.1. The van der Waals surface area contributed by atoms with Crippen LogP contribution in [0.25, 0.3) is 0 Å². The minimum Gasteiger partial charge on any atom is -0.478 e. The highest BCUT2D eigenvalue weighted by Gasteiger charge is 2.12. The first-order chi connectivity index (χ1) is 8.92. The van der Waals surface area contributed by atoms with Gasteiger partial charge in [0.15, 0.2) is 0 Å². The molecule has 4 heteroatoms. The summed E-state index contributed by atoms with van der Waals surface area (Å²) < 4.78 is 5.73. The van der Waals surface area contributed by atoms with Gasteiger partial charge >= 0.3 is 5.97 Å². The predicted octanol–water partition coefficient (Wildman–Crippen LogP) is 3.55. The van der Waals surface area contributed by atoms with Gasteiger partial charge in [0, 0.05) is 11.8 Å². The lowest BCUT2D eigenvalue weighted by molar-refractivity contribution is 0.0695. The second kappa shape index (κ2) is 7.12. The molecule has 1 N–H and O–H groups in total. The van der Waals surface area contributed by atoms with Crippen molar-refractivity contribution in [3.8, 4) is 5.88 Å². The Morgan fingerprint density at radius 2 is 2.05 bits per heavy atom. The van der Waals surface area contributed by atoms with Crippen LogP contribution in [0.15, 0.2) is 12.1 Å². The number of rotatable bonds is 7. The molecule has 1 aromatic heterocycles. The van der Waals surface area contributed by atoms with E-state index in [1.54, 1.807) is 6.07 Å². The van der Waals surface area contributed by atoms with E-state index in [2.05, 4.69) is 18.8 Å². The molecule has 1 atom stereocenters. The first-order valence-corrected chi connectivity index (χ1v) is 6.83. The third-order valence-electron chi connectivity index (χ3n) is 2.73. The summed E-state index contributed by atoms with van der Waals surface area (Å²) in [5.74, 6) is 0.00499. The summed E-state index contributed by atoms with van der Waals surface area (Å²) in [4.78, 5) is 15.5. The lowest BCUT2D eigenvalue weighted by atomic mass is 10.1. The van der Waals surface area contributed by atoms with Crippen molar-refractivity contribution in [2.45, 2.75) is 53.1 Å². The Labute approximate surface area is 114 Å². The molecule has 0 saturated carbocycles. The van der Waals surface area contributed by atoms with Crippen molar-refractivity contribution in [3.05, 3.63) is 23.4 Å². The third-order valence-corrected chi connectivity index (χ3v) is 2.73. The van der Waals surface area contributed by atoms with Gasteiger partial charge in [-0.1, -0.05) is 27.2 Å². The summed E-state index contributed by atoms with van der Waals surface area (Å²) in [7, 11) is 0. The van der Waals surface area contributed by atoms with Gasteiger partial charge in [-0.05, 0) is 31.7 Å². The molecule has 1 unspecified atom stereocenters. The summed E-state index contributed by atoms with van der Waals surface area (Å²) in [5, 5.41) is 9.10. The standard InChI is InChI=1S/C15H23NO3/c1-5-6-13-8-12(15(17)18)9-14(16-13)19-11(4)7-10(2)3/h8-11H,5-7H2,1-4H3,(H,17,18).